The molecule has 0 radical (unpaired) electrons. The third kappa shape index (κ3) is 4.97. The quantitative estimate of drug-likeness (QED) is 0.460. The van der Waals surface area contributed by atoms with Gasteiger partial charge in [-0.25, -0.2) is 14.7 Å². The molecule has 0 aliphatic heterocycles. The van der Waals surface area contributed by atoms with Gasteiger partial charge in [0.05, 0.1) is 5.54 Å². The number of hydrogen-bond donors (Lipinski definition) is 2. The first-order valence-corrected chi connectivity index (χ1v) is 6.89. The Kier molecular flexibility index (Phi) is 6.34. The van der Waals surface area contributed by atoms with E-state index in [2.05, 4.69) is 41.2 Å². The lowest BCUT2D eigenvalue weighted by Gasteiger charge is -2.20. The van der Waals surface area contributed by atoms with Crippen LogP contribution in [0.3, 0.4) is 0 Å². The molecule has 1 aromatic carbocycles. The van der Waals surface area contributed by atoms with Crippen LogP contribution in [-0.2, 0) is 12.1 Å². The van der Waals surface area contributed by atoms with Gasteiger partial charge in [-0.15, -0.1) is 24.0 Å². The molecule has 0 saturated heterocycles. The number of nitrogens with two attached hydrogens (primary N) is 1. The van der Waals surface area contributed by atoms with Crippen LogP contribution in [-0.4, -0.2) is 20.7 Å². The Morgan fingerprint density at radius 1 is 1.36 bits per heavy atom. The standard InChI is InChI=1S/C15H22N6.HI/c1-11-6-5-7-12(8-11)20-14(16)17-9-13-18-10-19-21(13)15(2,3)4;/h5-8,10H,9H2,1-4H3,(H3,16,17,20);1H. The van der Waals surface area contributed by atoms with Gasteiger partial charge < -0.3 is 11.1 Å². The number of anilines is 1. The summed E-state index contributed by atoms with van der Waals surface area (Å²) in [6.45, 7) is 8.64. The van der Waals surface area contributed by atoms with Crippen molar-refractivity contribution in [3.05, 3.63) is 42.0 Å². The van der Waals surface area contributed by atoms with Gasteiger partial charge in [-0.1, -0.05) is 12.1 Å². The Labute approximate surface area is 148 Å². The van der Waals surface area contributed by atoms with Crippen molar-refractivity contribution < 1.29 is 0 Å². The van der Waals surface area contributed by atoms with E-state index in [1.54, 1.807) is 6.33 Å². The molecular formula is C15H23IN6. The molecule has 0 fully saturated rings. The van der Waals surface area contributed by atoms with Crippen LogP contribution in [0, 0.1) is 6.92 Å². The van der Waals surface area contributed by atoms with Crippen LogP contribution in [0.15, 0.2) is 35.6 Å². The molecule has 7 heteroatoms. The molecule has 120 valence electrons. The number of aryl methyl sites for hydroxylation is 1. The molecule has 0 spiro atoms. The van der Waals surface area contributed by atoms with Crippen molar-refractivity contribution in [2.75, 3.05) is 5.32 Å². The maximum atomic E-state index is 5.91. The molecule has 1 heterocycles. The molecule has 1 aromatic heterocycles. The fourth-order valence-electron chi connectivity index (χ4n) is 2.00. The Morgan fingerprint density at radius 2 is 2.09 bits per heavy atom. The maximum absolute atomic E-state index is 5.91. The highest BCUT2D eigenvalue weighted by atomic mass is 127. The largest absolute Gasteiger partial charge is 0.370 e. The molecule has 2 rings (SSSR count). The molecular weight excluding hydrogens is 391 g/mol. The highest BCUT2D eigenvalue weighted by Crippen LogP contribution is 2.14. The predicted molar refractivity (Wildman–Crippen MR) is 101 cm³/mol. The molecule has 0 bridgehead atoms. The first-order valence-electron chi connectivity index (χ1n) is 6.89. The van der Waals surface area contributed by atoms with Gasteiger partial charge in [-0.2, -0.15) is 5.10 Å². The number of rotatable bonds is 3. The van der Waals surface area contributed by atoms with E-state index in [0.717, 1.165) is 11.5 Å². The van der Waals surface area contributed by atoms with E-state index >= 15 is 0 Å². The van der Waals surface area contributed by atoms with Crippen LogP contribution < -0.4 is 11.1 Å². The van der Waals surface area contributed by atoms with Gasteiger partial charge in [-0.3, -0.25) is 0 Å². The maximum Gasteiger partial charge on any atom is 0.193 e. The molecule has 6 nitrogen and oxygen atoms in total. The summed E-state index contributed by atoms with van der Waals surface area (Å²) in [6.07, 6.45) is 1.54. The number of nitrogens with zero attached hydrogens (tertiary/aromatic N) is 4. The normalized spacial score (nSPS) is 11.9. The predicted octanol–water partition coefficient (Wildman–Crippen LogP) is 2.89. The topological polar surface area (TPSA) is 81.1 Å². The fourth-order valence-corrected chi connectivity index (χ4v) is 2.00. The van der Waals surface area contributed by atoms with Gasteiger partial charge in [0.15, 0.2) is 5.96 Å². The van der Waals surface area contributed by atoms with Crippen LogP contribution in [0.4, 0.5) is 5.69 Å². The molecule has 0 amide bonds. The second-order valence-electron chi connectivity index (χ2n) is 5.95. The number of nitrogens with one attached hydrogen (secondary N) is 1. The third-order valence-electron chi connectivity index (χ3n) is 2.94. The summed E-state index contributed by atoms with van der Waals surface area (Å²) in [6, 6.07) is 7.97. The minimum Gasteiger partial charge on any atom is -0.370 e. The van der Waals surface area contributed by atoms with Crippen molar-refractivity contribution in [2.45, 2.75) is 39.8 Å². The molecule has 3 N–H and O–H groups in total. The summed E-state index contributed by atoms with van der Waals surface area (Å²) in [5, 5.41) is 7.31. The van der Waals surface area contributed by atoms with E-state index in [9.17, 15) is 0 Å². The fraction of sp³-hybridized carbons (Fsp3) is 0.400. The molecule has 0 aliphatic carbocycles. The van der Waals surface area contributed by atoms with E-state index in [4.69, 9.17) is 5.73 Å². The zero-order chi connectivity index (χ0) is 15.5. The Bertz CT molecular complexity index is 641. The van der Waals surface area contributed by atoms with Crippen LogP contribution in [0.2, 0.25) is 0 Å². The van der Waals surface area contributed by atoms with Gasteiger partial charge in [0.1, 0.15) is 18.7 Å². The van der Waals surface area contributed by atoms with Crippen LogP contribution in [0.1, 0.15) is 32.2 Å². The van der Waals surface area contributed by atoms with E-state index in [-0.39, 0.29) is 29.5 Å². The Hall–Kier alpha value is -1.64. The van der Waals surface area contributed by atoms with Gasteiger partial charge in [0, 0.05) is 5.69 Å². The van der Waals surface area contributed by atoms with Crippen LogP contribution >= 0.6 is 24.0 Å². The second-order valence-corrected chi connectivity index (χ2v) is 5.95. The lowest BCUT2D eigenvalue weighted by atomic mass is 10.1. The van der Waals surface area contributed by atoms with Gasteiger partial charge in [0.25, 0.3) is 0 Å². The molecule has 22 heavy (non-hydrogen) atoms. The number of aromatic nitrogens is 3. The SMILES string of the molecule is Cc1cccc(NC(N)=NCc2ncnn2C(C)(C)C)c1.I. The Balaban J connectivity index is 0.00000242. The molecule has 0 saturated carbocycles. The molecule has 0 unspecified atom stereocenters. The highest BCUT2D eigenvalue weighted by molar-refractivity contribution is 14.0. The zero-order valence-corrected chi connectivity index (χ0v) is 15.7. The molecule has 0 aliphatic rings. The average Bonchev–Trinajstić information content (AvgIpc) is 2.84. The summed E-state index contributed by atoms with van der Waals surface area (Å²) >= 11 is 0. The highest BCUT2D eigenvalue weighted by Gasteiger charge is 2.17. The molecule has 0 atom stereocenters. The average molecular weight is 414 g/mol. The van der Waals surface area contributed by atoms with Crippen molar-refractivity contribution in [3.8, 4) is 0 Å². The number of benzene rings is 1. The summed E-state index contributed by atoms with van der Waals surface area (Å²) in [5.74, 6) is 1.15. The first-order chi connectivity index (χ1) is 9.86. The van der Waals surface area contributed by atoms with E-state index in [1.165, 1.54) is 5.56 Å². The Morgan fingerprint density at radius 3 is 2.73 bits per heavy atom. The van der Waals surface area contributed by atoms with Gasteiger partial charge >= 0.3 is 0 Å². The van der Waals surface area contributed by atoms with Crippen molar-refractivity contribution >= 4 is 35.6 Å². The lowest BCUT2D eigenvalue weighted by molar-refractivity contribution is 0.342. The number of aliphatic imine (C=N–C) groups is 1. The number of guanidine groups is 1. The summed E-state index contributed by atoms with van der Waals surface area (Å²) in [4.78, 5) is 8.56. The second kappa shape index (κ2) is 7.57. The molecule has 2 aromatic rings. The number of hydrogen-bond acceptors (Lipinski definition) is 3. The summed E-state index contributed by atoms with van der Waals surface area (Å²) in [7, 11) is 0. The van der Waals surface area contributed by atoms with E-state index in [1.807, 2.05) is 35.9 Å². The first kappa shape index (κ1) is 18.4. The van der Waals surface area contributed by atoms with Gasteiger partial charge in [0.2, 0.25) is 0 Å². The summed E-state index contributed by atoms with van der Waals surface area (Å²) < 4.78 is 1.86. The van der Waals surface area contributed by atoms with Crippen LogP contribution in [0.25, 0.3) is 0 Å². The minimum atomic E-state index is -0.125. The lowest BCUT2D eigenvalue weighted by Crippen LogP contribution is -2.26. The van der Waals surface area contributed by atoms with Crippen molar-refractivity contribution in [1.29, 1.82) is 0 Å². The van der Waals surface area contributed by atoms with Crippen molar-refractivity contribution in [3.63, 3.8) is 0 Å². The minimum absolute atomic E-state index is 0. The van der Waals surface area contributed by atoms with Crippen molar-refractivity contribution in [1.82, 2.24) is 14.8 Å². The zero-order valence-electron chi connectivity index (χ0n) is 13.4. The number of halogens is 1. The summed E-state index contributed by atoms with van der Waals surface area (Å²) in [5.41, 5.74) is 7.88. The van der Waals surface area contributed by atoms with Crippen LogP contribution in [0.5, 0.6) is 0 Å². The van der Waals surface area contributed by atoms with E-state index in [0.29, 0.717) is 12.5 Å². The smallest absolute Gasteiger partial charge is 0.193 e. The van der Waals surface area contributed by atoms with Gasteiger partial charge in [-0.05, 0) is 45.4 Å². The third-order valence-corrected chi connectivity index (χ3v) is 2.94. The van der Waals surface area contributed by atoms with Crippen molar-refractivity contribution in [2.24, 2.45) is 10.7 Å². The van der Waals surface area contributed by atoms with E-state index < -0.39 is 0 Å². The monoisotopic (exact) mass is 414 g/mol.